The van der Waals surface area contributed by atoms with Crippen molar-refractivity contribution in [3.8, 4) is 0 Å². The maximum absolute atomic E-state index is 13.0. The molecule has 0 bridgehead atoms. The molecular formula is C19H19BrN4O3S. The van der Waals surface area contributed by atoms with E-state index in [-0.39, 0.29) is 10.8 Å². The van der Waals surface area contributed by atoms with Crippen LogP contribution in [0.4, 0.5) is 0 Å². The van der Waals surface area contributed by atoms with E-state index in [1.54, 1.807) is 61.5 Å². The van der Waals surface area contributed by atoms with E-state index >= 15 is 0 Å². The Morgan fingerprint density at radius 2 is 1.86 bits per heavy atom. The Bertz CT molecular complexity index is 1170. The predicted octanol–water partition coefficient (Wildman–Crippen LogP) is 3.18. The van der Waals surface area contributed by atoms with Gasteiger partial charge in [0, 0.05) is 35.7 Å². The van der Waals surface area contributed by atoms with Gasteiger partial charge in [0.25, 0.3) is 15.9 Å². The summed E-state index contributed by atoms with van der Waals surface area (Å²) in [6.45, 7) is 1.90. The Morgan fingerprint density at radius 1 is 1.18 bits per heavy atom. The van der Waals surface area contributed by atoms with Crippen LogP contribution in [0.1, 0.15) is 15.9 Å². The molecule has 1 amide bonds. The van der Waals surface area contributed by atoms with Crippen LogP contribution in [0.2, 0.25) is 0 Å². The van der Waals surface area contributed by atoms with E-state index in [0.29, 0.717) is 20.9 Å². The molecule has 0 saturated carbocycles. The molecule has 2 aromatic carbocycles. The van der Waals surface area contributed by atoms with E-state index in [4.69, 9.17) is 0 Å². The molecule has 0 fully saturated rings. The van der Waals surface area contributed by atoms with E-state index in [1.807, 2.05) is 6.92 Å². The molecule has 0 spiro atoms. The average molecular weight is 463 g/mol. The van der Waals surface area contributed by atoms with Crippen molar-refractivity contribution < 1.29 is 13.2 Å². The molecule has 0 unspecified atom stereocenters. The van der Waals surface area contributed by atoms with Crippen molar-refractivity contribution in [2.45, 2.75) is 11.8 Å². The van der Waals surface area contributed by atoms with Crippen LogP contribution < -0.4 is 5.43 Å². The summed E-state index contributed by atoms with van der Waals surface area (Å²) in [7, 11) is -0.186. The molecule has 3 rings (SSSR count). The standard InChI is InChI=1S/C19H19BrN4O3S/c1-13-4-7-15(8-5-13)28(26,27)24-11-17(20)16-10-14(6-9-18(16)24)19(25)22-21-12-23(2)3/h4-12H,1-3H3,(H,22,25)/b21-12+. The number of nitrogens with one attached hydrogen (secondary N) is 1. The lowest BCUT2D eigenvalue weighted by molar-refractivity contribution is 0.0955. The number of amides is 1. The number of aromatic nitrogens is 1. The van der Waals surface area contributed by atoms with E-state index in [0.717, 1.165) is 5.56 Å². The summed E-state index contributed by atoms with van der Waals surface area (Å²) in [5.41, 5.74) is 4.25. The third-order valence-electron chi connectivity index (χ3n) is 4.02. The minimum Gasteiger partial charge on any atom is -0.367 e. The minimum absolute atomic E-state index is 0.197. The number of hydrazone groups is 1. The molecule has 1 aromatic heterocycles. The summed E-state index contributed by atoms with van der Waals surface area (Å²) in [6.07, 6.45) is 2.96. The highest BCUT2D eigenvalue weighted by atomic mass is 79.9. The van der Waals surface area contributed by atoms with Gasteiger partial charge in [0.1, 0.15) is 6.34 Å². The fraction of sp³-hybridized carbons (Fsp3) is 0.158. The fourth-order valence-corrected chi connectivity index (χ4v) is 4.62. The van der Waals surface area contributed by atoms with Gasteiger partial charge in [-0.25, -0.2) is 17.8 Å². The Hall–Kier alpha value is -2.65. The molecule has 0 aliphatic heterocycles. The molecule has 28 heavy (non-hydrogen) atoms. The molecule has 3 aromatic rings. The molecule has 1 heterocycles. The number of rotatable bonds is 5. The van der Waals surface area contributed by atoms with Crippen LogP contribution in [0, 0.1) is 6.92 Å². The highest BCUT2D eigenvalue weighted by Crippen LogP contribution is 2.30. The van der Waals surface area contributed by atoms with Gasteiger partial charge in [-0.05, 0) is 53.2 Å². The predicted molar refractivity (Wildman–Crippen MR) is 113 cm³/mol. The molecular weight excluding hydrogens is 444 g/mol. The summed E-state index contributed by atoms with van der Waals surface area (Å²) in [5.74, 6) is -0.388. The molecule has 1 N–H and O–H groups in total. The summed E-state index contributed by atoms with van der Waals surface area (Å²) in [6, 6.07) is 11.5. The van der Waals surface area contributed by atoms with Crippen LogP contribution in [0.3, 0.4) is 0 Å². The Morgan fingerprint density at radius 3 is 2.50 bits per heavy atom. The topological polar surface area (TPSA) is 83.8 Å². The highest BCUT2D eigenvalue weighted by molar-refractivity contribution is 9.10. The second kappa shape index (κ2) is 7.76. The number of hydrogen-bond acceptors (Lipinski definition) is 4. The van der Waals surface area contributed by atoms with Gasteiger partial charge in [0.05, 0.1) is 10.4 Å². The van der Waals surface area contributed by atoms with Crippen molar-refractivity contribution in [1.29, 1.82) is 0 Å². The largest absolute Gasteiger partial charge is 0.367 e. The highest BCUT2D eigenvalue weighted by Gasteiger charge is 2.21. The monoisotopic (exact) mass is 462 g/mol. The number of nitrogens with zero attached hydrogens (tertiary/aromatic N) is 3. The van der Waals surface area contributed by atoms with Gasteiger partial charge < -0.3 is 4.90 Å². The first-order valence-electron chi connectivity index (χ1n) is 8.33. The lowest BCUT2D eigenvalue weighted by Crippen LogP contribution is -2.20. The third-order valence-corrected chi connectivity index (χ3v) is 6.34. The van der Waals surface area contributed by atoms with Crippen LogP contribution in [0.25, 0.3) is 10.9 Å². The first-order valence-corrected chi connectivity index (χ1v) is 10.6. The Balaban J connectivity index is 2.01. The summed E-state index contributed by atoms with van der Waals surface area (Å²) >= 11 is 3.40. The van der Waals surface area contributed by atoms with Crippen molar-refractivity contribution in [1.82, 2.24) is 14.3 Å². The fourth-order valence-electron chi connectivity index (χ4n) is 2.59. The average Bonchev–Trinajstić information content (AvgIpc) is 2.99. The number of hydrogen-bond donors (Lipinski definition) is 1. The minimum atomic E-state index is -3.76. The molecule has 0 saturated heterocycles. The van der Waals surface area contributed by atoms with Crippen LogP contribution in [-0.2, 0) is 10.0 Å². The lowest BCUT2D eigenvalue weighted by Gasteiger charge is -2.08. The van der Waals surface area contributed by atoms with Gasteiger partial charge in [0.15, 0.2) is 0 Å². The number of benzene rings is 2. The normalized spacial score (nSPS) is 11.9. The van der Waals surface area contributed by atoms with Crippen molar-refractivity contribution in [3.05, 3.63) is 64.3 Å². The third kappa shape index (κ3) is 3.95. The molecule has 0 aliphatic rings. The van der Waals surface area contributed by atoms with Crippen molar-refractivity contribution in [2.75, 3.05) is 14.1 Å². The van der Waals surface area contributed by atoms with Gasteiger partial charge in [-0.3, -0.25) is 4.79 Å². The van der Waals surface area contributed by atoms with Crippen LogP contribution in [0.15, 0.2) is 63.1 Å². The van der Waals surface area contributed by atoms with Crippen molar-refractivity contribution in [2.24, 2.45) is 5.10 Å². The van der Waals surface area contributed by atoms with Crippen molar-refractivity contribution >= 4 is 49.1 Å². The smallest absolute Gasteiger partial charge is 0.271 e. The van der Waals surface area contributed by atoms with Crippen molar-refractivity contribution in [3.63, 3.8) is 0 Å². The zero-order valence-corrected chi connectivity index (χ0v) is 18.0. The molecule has 9 heteroatoms. The van der Waals surface area contributed by atoms with Gasteiger partial charge in [-0.1, -0.05) is 17.7 Å². The van der Waals surface area contributed by atoms with Crippen LogP contribution in [0.5, 0.6) is 0 Å². The summed E-state index contributed by atoms with van der Waals surface area (Å²) in [4.78, 5) is 14.1. The number of carbonyl (C=O) groups is 1. The zero-order chi connectivity index (χ0) is 20.5. The van der Waals surface area contributed by atoms with Gasteiger partial charge in [0.2, 0.25) is 0 Å². The van der Waals surface area contributed by atoms with Gasteiger partial charge >= 0.3 is 0 Å². The zero-order valence-electron chi connectivity index (χ0n) is 15.5. The van der Waals surface area contributed by atoms with E-state index in [2.05, 4.69) is 26.5 Å². The number of halogens is 1. The Kier molecular flexibility index (Phi) is 5.57. The molecule has 0 atom stereocenters. The second-order valence-corrected chi connectivity index (χ2v) is 9.14. The quantitative estimate of drug-likeness (QED) is 0.358. The van der Waals surface area contributed by atoms with Gasteiger partial charge in [-0.2, -0.15) is 5.10 Å². The summed E-state index contributed by atoms with van der Waals surface area (Å²) in [5, 5.41) is 4.44. The maximum Gasteiger partial charge on any atom is 0.271 e. The summed E-state index contributed by atoms with van der Waals surface area (Å²) < 4.78 is 27.9. The molecule has 7 nitrogen and oxygen atoms in total. The first-order chi connectivity index (χ1) is 13.2. The van der Waals surface area contributed by atoms with Gasteiger partial charge in [-0.15, -0.1) is 0 Å². The molecule has 0 radical (unpaired) electrons. The Labute approximate surface area is 171 Å². The lowest BCUT2D eigenvalue weighted by atomic mass is 10.1. The molecule has 146 valence electrons. The molecule has 0 aliphatic carbocycles. The SMILES string of the molecule is Cc1ccc(S(=O)(=O)n2cc(Br)c3cc(C(=O)N/N=C/N(C)C)ccc32)cc1. The number of aryl methyl sites for hydroxylation is 1. The maximum atomic E-state index is 13.0. The number of fused-ring (bicyclic) bond motifs is 1. The van der Waals surface area contributed by atoms with E-state index in [9.17, 15) is 13.2 Å². The number of carbonyl (C=O) groups excluding carboxylic acids is 1. The first kappa shape index (κ1) is 20.1. The van der Waals surface area contributed by atoms with Crippen LogP contribution in [-0.4, -0.2) is 43.6 Å². The van der Waals surface area contributed by atoms with E-state index < -0.39 is 10.0 Å². The van der Waals surface area contributed by atoms with E-state index in [1.165, 1.54) is 16.5 Å². The van der Waals surface area contributed by atoms with Crippen LogP contribution >= 0.6 is 15.9 Å². The second-order valence-electron chi connectivity index (χ2n) is 6.47.